The van der Waals surface area contributed by atoms with Gasteiger partial charge < -0.3 is 5.11 Å². The lowest BCUT2D eigenvalue weighted by Crippen LogP contribution is -2.33. The maximum atomic E-state index is 12.1. The summed E-state index contributed by atoms with van der Waals surface area (Å²) in [6, 6.07) is 6.24. The molecular weight excluding hydrogens is 250 g/mol. The van der Waals surface area contributed by atoms with Crippen molar-refractivity contribution in [1.82, 2.24) is 4.72 Å². The lowest BCUT2D eigenvalue weighted by molar-refractivity contribution is 0.281. The number of sulfonamides is 1. The van der Waals surface area contributed by atoms with E-state index >= 15 is 0 Å². The molecule has 0 spiro atoms. The number of nitrogens with one attached hydrogen (secondary N) is 1. The molecule has 0 aliphatic carbocycles. The van der Waals surface area contributed by atoms with Crippen molar-refractivity contribution >= 4 is 10.0 Å². The van der Waals surface area contributed by atoms with E-state index in [1.807, 2.05) is 6.92 Å². The molecule has 0 aromatic heterocycles. The standard InChI is InChI=1S/C13H21NO3S/c1-10(2)7-11(3)14-18(16,17)13-6-4-5-12(8-13)9-15/h4-6,8,10-11,14-15H,7,9H2,1-3H3. The summed E-state index contributed by atoms with van der Waals surface area (Å²) in [6.07, 6.45) is 0.791. The Balaban J connectivity index is 2.85. The fraction of sp³-hybridized carbons (Fsp3) is 0.538. The summed E-state index contributed by atoms with van der Waals surface area (Å²) in [7, 11) is -3.50. The SMILES string of the molecule is CC(C)CC(C)NS(=O)(=O)c1cccc(CO)c1. The van der Waals surface area contributed by atoms with Crippen LogP contribution in [0.4, 0.5) is 0 Å². The molecule has 0 aliphatic heterocycles. The molecule has 0 saturated heterocycles. The Morgan fingerprint density at radius 2 is 1.94 bits per heavy atom. The highest BCUT2D eigenvalue weighted by Gasteiger charge is 2.18. The highest BCUT2D eigenvalue weighted by atomic mass is 32.2. The smallest absolute Gasteiger partial charge is 0.240 e. The van der Waals surface area contributed by atoms with Gasteiger partial charge in [-0.15, -0.1) is 0 Å². The van der Waals surface area contributed by atoms with Gasteiger partial charge in [-0.2, -0.15) is 0 Å². The minimum atomic E-state index is -3.50. The van der Waals surface area contributed by atoms with Crippen LogP contribution in [-0.4, -0.2) is 19.6 Å². The average molecular weight is 271 g/mol. The molecule has 0 fully saturated rings. The van der Waals surface area contributed by atoms with Crippen LogP contribution in [0.1, 0.15) is 32.8 Å². The van der Waals surface area contributed by atoms with Crippen LogP contribution in [0.15, 0.2) is 29.2 Å². The van der Waals surface area contributed by atoms with Crippen LogP contribution in [0.5, 0.6) is 0 Å². The van der Waals surface area contributed by atoms with Gasteiger partial charge in [0.05, 0.1) is 11.5 Å². The van der Waals surface area contributed by atoms with E-state index < -0.39 is 10.0 Å². The summed E-state index contributed by atoms with van der Waals surface area (Å²) in [4.78, 5) is 0.199. The van der Waals surface area contributed by atoms with Crippen molar-refractivity contribution < 1.29 is 13.5 Å². The summed E-state index contributed by atoms with van der Waals surface area (Å²) < 4.78 is 26.8. The largest absolute Gasteiger partial charge is 0.392 e. The van der Waals surface area contributed by atoms with Crippen molar-refractivity contribution in [1.29, 1.82) is 0 Å². The Morgan fingerprint density at radius 3 is 2.50 bits per heavy atom. The number of benzene rings is 1. The molecule has 0 radical (unpaired) electrons. The summed E-state index contributed by atoms with van der Waals surface area (Å²) in [6.45, 7) is 5.80. The summed E-state index contributed by atoms with van der Waals surface area (Å²) in [5.41, 5.74) is 0.592. The Morgan fingerprint density at radius 1 is 1.28 bits per heavy atom. The molecule has 1 unspecified atom stereocenters. The summed E-state index contributed by atoms with van der Waals surface area (Å²) in [5, 5.41) is 9.01. The van der Waals surface area contributed by atoms with Gasteiger partial charge in [0.15, 0.2) is 0 Å². The Hall–Kier alpha value is -0.910. The molecule has 0 aliphatic rings. The van der Waals surface area contributed by atoms with E-state index in [1.54, 1.807) is 12.1 Å². The summed E-state index contributed by atoms with van der Waals surface area (Å²) >= 11 is 0. The number of aliphatic hydroxyl groups is 1. The maximum Gasteiger partial charge on any atom is 0.240 e. The molecule has 18 heavy (non-hydrogen) atoms. The van der Waals surface area contributed by atoms with Crippen LogP contribution in [0.3, 0.4) is 0 Å². The molecule has 2 N–H and O–H groups in total. The van der Waals surface area contributed by atoms with E-state index in [0.29, 0.717) is 11.5 Å². The van der Waals surface area contributed by atoms with Crippen molar-refractivity contribution in [2.24, 2.45) is 5.92 Å². The van der Waals surface area contributed by atoms with Gasteiger partial charge in [0.1, 0.15) is 0 Å². The fourth-order valence-corrected chi connectivity index (χ4v) is 3.23. The highest BCUT2D eigenvalue weighted by Crippen LogP contribution is 2.13. The van der Waals surface area contributed by atoms with Gasteiger partial charge in [-0.1, -0.05) is 26.0 Å². The van der Waals surface area contributed by atoms with Crippen LogP contribution < -0.4 is 4.72 Å². The van der Waals surface area contributed by atoms with Crippen molar-refractivity contribution in [3.63, 3.8) is 0 Å². The summed E-state index contributed by atoms with van der Waals surface area (Å²) in [5.74, 6) is 0.437. The molecule has 0 heterocycles. The average Bonchev–Trinajstić information content (AvgIpc) is 2.27. The van der Waals surface area contributed by atoms with Crippen LogP contribution in [0.25, 0.3) is 0 Å². The lowest BCUT2D eigenvalue weighted by Gasteiger charge is -2.16. The third-order valence-electron chi connectivity index (χ3n) is 2.57. The third kappa shape index (κ3) is 4.40. The molecule has 0 amide bonds. The Labute approximate surface area is 109 Å². The molecule has 1 aromatic rings. The first-order valence-electron chi connectivity index (χ1n) is 6.07. The first kappa shape index (κ1) is 15.1. The van der Waals surface area contributed by atoms with Gasteiger partial charge in [0.25, 0.3) is 0 Å². The zero-order valence-electron chi connectivity index (χ0n) is 11.1. The highest BCUT2D eigenvalue weighted by molar-refractivity contribution is 7.89. The molecule has 102 valence electrons. The lowest BCUT2D eigenvalue weighted by atomic mass is 10.1. The molecular formula is C13H21NO3S. The molecule has 1 atom stereocenters. The van der Waals surface area contributed by atoms with Gasteiger partial charge in [0.2, 0.25) is 10.0 Å². The van der Waals surface area contributed by atoms with Gasteiger partial charge >= 0.3 is 0 Å². The predicted octanol–water partition coefficient (Wildman–Crippen LogP) is 1.89. The number of hydrogen-bond donors (Lipinski definition) is 2. The molecule has 4 nitrogen and oxygen atoms in total. The van der Waals surface area contributed by atoms with Gasteiger partial charge in [-0.05, 0) is 37.0 Å². The molecule has 0 saturated carbocycles. The van der Waals surface area contributed by atoms with E-state index in [1.165, 1.54) is 12.1 Å². The monoisotopic (exact) mass is 271 g/mol. The van der Waals surface area contributed by atoms with E-state index in [-0.39, 0.29) is 17.5 Å². The van der Waals surface area contributed by atoms with Crippen LogP contribution in [-0.2, 0) is 16.6 Å². The zero-order valence-corrected chi connectivity index (χ0v) is 11.9. The minimum Gasteiger partial charge on any atom is -0.392 e. The second-order valence-electron chi connectivity index (χ2n) is 4.96. The van der Waals surface area contributed by atoms with E-state index in [0.717, 1.165) is 6.42 Å². The van der Waals surface area contributed by atoms with Crippen molar-refractivity contribution in [2.45, 2.75) is 44.7 Å². The molecule has 1 aromatic carbocycles. The van der Waals surface area contributed by atoms with Gasteiger partial charge in [0, 0.05) is 6.04 Å². The van der Waals surface area contributed by atoms with Gasteiger partial charge in [-0.3, -0.25) is 0 Å². The second kappa shape index (κ2) is 6.31. The van der Waals surface area contributed by atoms with E-state index in [2.05, 4.69) is 18.6 Å². The van der Waals surface area contributed by atoms with Gasteiger partial charge in [-0.25, -0.2) is 13.1 Å². The molecule has 1 rings (SSSR count). The first-order chi connectivity index (χ1) is 8.35. The Bertz CT molecular complexity index is 483. The quantitative estimate of drug-likeness (QED) is 0.830. The van der Waals surface area contributed by atoms with Crippen molar-refractivity contribution in [3.05, 3.63) is 29.8 Å². The number of hydrogen-bond acceptors (Lipinski definition) is 3. The minimum absolute atomic E-state index is 0.104. The third-order valence-corrected chi connectivity index (χ3v) is 4.16. The second-order valence-corrected chi connectivity index (χ2v) is 6.67. The number of rotatable bonds is 6. The maximum absolute atomic E-state index is 12.1. The normalized spacial score (nSPS) is 13.8. The molecule has 5 heteroatoms. The van der Waals surface area contributed by atoms with Crippen LogP contribution >= 0.6 is 0 Å². The van der Waals surface area contributed by atoms with E-state index in [4.69, 9.17) is 5.11 Å². The number of aliphatic hydroxyl groups excluding tert-OH is 1. The molecule has 0 bridgehead atoms. The van der Waals surface area contributed by atoms with Crippen LogP contribution in [0.2, 0.25) is 0 Å². The topological polar surface area (TPSA) is 66.4 Å². The zero-order chi connectivity index (χ0) is 13.8. The first-order valence-corrected chi connectivity index (χ1v) is 7.55. The van der Waals surface area contributed by atoms with Crippen molar-refractivity contribution in [2.75, 3.05) is 0 Å². The Kier molecular flexibility index (Phi) is 5.31. The predicted molar refractivity (Wildman–Crippen MR) is 71.6 cm³/mol. The van der Waals surface area contributed by atoms with Crippen molar-refractivity contribution in [3.8, 4) is 0 Å². The van der Waals surface area contributed by atoms with Crippen LogP contribution in [0, 0.1) is 5.92 Å². The van der Waals surface area contributed by atoms with E-state index in [9.17, 15) is 8.42 Å². The fourth-order valence-electron chi connectivity index (χ4n) is 1.90.